The molecule has 1 unspecified atom stereocenters. The molecule has 3 heterocycles. The Morgan fingerprint density at radius 3 is 2.67 bits per heavy atom. The van der Waals surface area contributed by atoms with E-state index in [1.165, 1.54) is 0 Å². The minimum atomic E-state index is 0.0665. The first-order valence-corrected chi connectivity index (χ1v) is 10.8. The number of benzene rings is 1. The fourth-order valence-corrected chi connectivity index (χ4v) is 4.39. The molecule has 1 amide bonds. The van der Waals surface area contributed by atoms with E-state index in [1.54, 1.807) is 4.68 Å². The second-order valence-corrected chi connectivity index (χ2v) is 8.32. The van der Waals surface area contributed by atoms with Crippen LogP contribution in [0.5, 0.6) is 5.75 Å². The fraction of sp³-hybridized carbons (Fsp3) is 0.458. The average Bonchev–Trinajstić information content (AvgIpc) is 3.33. The molecule has 1 fully saturated rings. The van der Waals surface area contributed by atoms with Gasteiger partial charge >= 0.3 is 0 Å². The number of likely N-dealkylation sites (tertiary alicyclic amines) is 1. The summed E-state index contributed by atoms with van der Waals surface area (Å²) in [5.74, 6) is 1.16. The maximum atomic E-state index is 13.8. The van der Waals surface area contributed by atoms with Crippen LogP contribution in [0.4, 0.5) is 0 Å². The van der Waals surface area contributed by atoms with E-state index in [0.717, 1.165) is 53.1 Å². The maximum Gasteiger partial charge on any atom is 0.255 e. The maximum absolute atomic E-state index is 13.8. The number of pyridine rings is 1. The van der Waals surface area contributed by atoms with Crippen LogP contribution in [-0.4, -0.2) is 38.7 Å². The standard InChI is InChI=1S/C24H30N4O2/c1-6-30-18-11-9-17(10-12-18)21-8-7-13-28(21)24(29)19-14-20(15(2)3)25-23-22(19)16(4)26-27(23)5/h9-12,14-15,21H,6-8,13H2,1-5H3. The number of hydrogen-bond acceptors (Lipinski definition) is 4. The highest BCUT2D eigenvalue weighted by Crippen LogP contribution is 2.35. The van der Waals surface area contributed by atoms with Crippen LogP contribution in [0.3, 0.4) is 0 Å². The van der Waals surface area contributed by atoms with Gasteiger partial charge in [-0.15, -0.1) is 0 Å². The molecule has 0 radical (unpaired) electrons. The lowest BCUT2D eigenvalue weighted by atomic mass is 10.0. The molecular weight excluding hydrogens is 376 g/mol. The number of amides is 1. The fourth-order valence-electron chi connectivity index (χ4n) is 4.39. The van der Waals surface area contributed by atoms with E-state index in [2.05, 4.69) is 31.1 Å². The molecule has 0 saturated carbocycles. The van der Waals surface area contributed by atoms with Gasteiger partial charge in [0.2, 0.25) is 0 Å². The third-order valence-corrected chi connectivity index (χ3v) is 5.90. The molecule has 1 aliphatic heterocycles. The molecule has 6 heteroatoms. The van der Waals surface area contributed by atoms with Gasteiger partial charge in [-0.25, -0.2) is 4.98 Å². The van der Waals surface area contributed by atoms with Crippen molar-refractivity contribution in [1.82, 2.24) is 19.7 Å². The third kappa shape index (κ3) is 3.55. The second kappa shape index (κ2) is 8.09. The summed E-state index contributed by atoms with van der Waals surface area (Å²) in [7, 11) is 1.89. The van der Waals surface area contributed by atoms with Crippen molar-refractivity contribution in [3.63, 3.8) is 0 Å². The van der Waals surface area contributed by atoms with Gasteiger partial charge in [0, 0.05) is 19.3 Å². The van der Waals surface area contributed by atoms with Crippen molar-refractivity contribution in [2.75, 3.05) is 13.2 Å². The van der Waals surface area contributed by atoms with Gasteiger partial charge < -0.3 is 9.64 Å². The van der Waals surface area contributed by atoms with Crippen LogP contribution < -0.4 is 4.74 Å². The predicted octanol–water partition coefficient (Wildman–Crippen LogP) is 4.78. The highest BCUT2D eigenvalue weighted by Gasteiger charge is 2.32. The molecule has 1 saturated heterocycles. The van der Waals surface area contributed by atoms with E-state index in [4.69, 9.17) is 9.72 Å². The van der Waals surface area contributed by atoms with Gasteiger partial charge in [0.25, 0.3) is 5.91 Å². The van der Waals surface area contributed by atoms with Gasteiger partial charge in [0.05, 0.1) is 29.3 Å². The quantitative estimate of drug-likeness (QED) is 0.612. The van der Waals surface area contributed by atoms with Gasteiger partial charge in [0.1, 0.15) is 5.75 Å². The molecule has 2 aromatic heterocycles. The lowest BCUT2D eigenvalue weighted by Crippen LogP contribution is -2.31. The summed E-state index contributed by atoms with van der Waals surface area (Å²) in [6.07, 6.45) is 1.97. The summed E-state index contributed by atoms with van der Waals surface area (Å²) in [5, 5.41) is 5.40. The van der Waals surface area contributed by atoms with Gasteiger partial charge in [-0.1, -0.05) is 26.0 Å². The molecule has 6 nitrogen and oxygen atoms in total. The molecule has 1 aromatic carbocycles. The van der Waals surface area contributed by atoms with Gasteiger partial charge in [-0.3, -0.25) is 9.48 Å². The molecule has 4 rings (SSSR count). The van der Waals surface area contributed by atoms with E-state index >= 15 is 0 Å². The third-order valence-electron chi connectivity index (χ3n) is 5.90. The molecule has 0 bridgehead atoms. The number of aryl methyl sites for hydroxylation is 2. The van der Waals surface area contributed by atoms with Crippen LogP contribution in [0.25, 0.3) is 11.0 Å². The van der Waals surface area contributed by atoms with E-state index in [9.17, 15) is 4.79 Å². The lowest BCUT2D eigenvalue weighted by molar-refractivity contribution is 0.0737. The minimum Gasteiger partial charge on any atom is -0.494 e. The van der Waals surface area contributed by atoms with Crippen molar-refractivity contribution in [3.8, 4) is 5.75 Å². The summed E-state index contributed by atoms with van der Waals surface area (Å²) < 4.78 is 7.35. The largest absolute Gasteiger partial charge is 0.494 e. The Morgan fingerprint density at radius 1 is 1.27 bits per heavy atom. The van der Waals surface area contributed by atoms with Crippen molar-refractivity contribution < 1.29 is 9.53 Å². The summed E-state index contributed by atoms with van der Waals surface area (Å²) in [6, 6.07) is 10.2. The first-order chi connectivity index (χ1) is 14.4. The average molecular weight is 407 g/mol. The predicted molar refractivity (Wildman–Crippen MR) is 118 cm³/mol. The van der Waals surface area contributed by atoms with Crippen molar-refractivity contribution in [2.24, 2.45) is 7.05 Å². The first kappa shape index (κ1) is 20.4. The van der Waals surface area contributed by atoms with Crippen LogP contribution in [0.15, 0.2) is 30.3 Å². The van der Waals surface area contributed by atoms with Crippen LogP contribution >= 0.6 is 0 Å². The molecule has 0 N–H and O–H groups in total. The molecule has 158 valence electrons. The minimum absolute atomic E-state index is 0.0665. The lowest BCUT2D eigenvalue weighted by Gasteiger charge is -2.26. The zero-order valence-corrected chi connectivity index (χ0v) is 18.5. The molecule has 1 atom stereocenters. The Balaban J connectivity index is 1.73. The number of nitrogens with zero attached hydrogens (tertiary/aromatic N) is 4. The Morgan fingerprint density at radius 2 is 2.00 bits per heavy atom. The van der Waals surface area contributed by atoms with Gasteiger partial charge in [0.15, 0.2) is 5.65 Å². The van der Waals surface area contributed by atoms with Crippen molar-refractivity contribution in [3.05, 3.63) is 52.8 Å². The zero-order valence-electron chi connectivity index (χ0n) is 18.5. The Kier molecular flexibility index (Phi) is 5.50. The Hall–Kier alpha value is -2.89. The smallest absolute Gasteiger partial charge is 0.255 e. The van der Waals surface area contributed by atoms with Crippen LogP contribution in [0.1, 0.15) is 72.9 Å². The number of rotatable bonds is 5. The monoisotopic (exact) mass is 406 g/mol. The SMILES string of the molecule is CCOc1ccc(C2CCCN2C(=O)c2cc(C(C)C)nc3c2c(C)nn3C)cc1. The van der Waals surface area contributed by atoms with E-state index in [0.29, 0.717) is 12.2 Å². The molecular formula is C24H30N4O2. The number of ether oxygens (including phenoxy) is 1. The van der Waals surface area contributed by atoms with Gasteiger partial charge in [-0.2, -0.15) is 5.10 Å². The van der Waals surface area contributed by atoms with E-state index in [1.807, 2.05) is 44.0 Å². The topological polar surface area (TPSA) is 60.2 Å². The van der Waals surface area contributed by atoms with Crippen LogP contribution in [0.2, 0.25) is 0 Å². The molecule has 0 spiro atoms. The number of aromatic nitrogens is 3. The summed E-state index contributed by atoms with van der Waals surface area (Å²) in [6.45, 7) is 9.54. The summed E-state index contributed by atoms with van der Waals surface area (Å²) in [4.78, 5) is 20.6. The molecule has 3 aromatic rings. The van der Waals surface area contributed by atoms with E-state index < -0.39 is 0 Å². The van der Waals surface area contributed by atoms with Gasteiger partial charge in [-0.05, 0) is 56.4 Å². The molecule has 0 aliphatic carbocycles. The zero-order chi connectivity index (χ0) is 21.4. The summed E-state index contributed by atoms with van der Waals surface area (Å²) in [5.41, 5.74) is 4.41. The summed E-state index contributed by atoms with van der Waals surface area (Å²) >= 11 is 0. The number of carbonyl (C=O) groups excluding carboxylic acids is 1. The van der Waals surface area contributed by atoms with E-state index in [-0.39, 0.29) is 17.9 Å². The second-order valence-electron chi connectivity index (χ2n) is 8.32. The normalized spacial score (nSPS) is 16.6. The van der Waals surface area contributed by atoms with Crippen molar-refractivity contribution in [1.29, 1.82) is 0 Å². The number of carbonyl (C=O) groups is 1. The number of fused-ring (bicyclic) bond motifs is 1. The number of hydrogen-bond donors (Lipinski definition) is 0. The molecule has 30 heavy (non-hydrogen) atoms. The van der Waals surface area contributed by atoms with Crippen molar-refractivity contribution >= 4 is 16.9 Å². The van der Waals surface area contributed by atoms with Crippen molar-refractivity contribution in [2.45, 2.75) is 52.5 Å². The Bertz CT molecular complexity index is 1070. The first-order valence-electron chi connectivity index (χ1n) is 10.8. The van der Waals surface area contributed by atoms with Crippen LogP contribution in [0, 0.1) is 6.92 Å². The molecule has 1 aliphatic rings. The van der Waals surface area contributed by atoms with Crippen LogP contribution in [-0.2, 0) is 7.05 Å². The highest BCUT2D eigenvalue weighted by atomic mass is 16.5. The Labute approximate surface area is 177 Å². The highest BCUT2D eigenvalue weighted by molar-refractivity contribution is 6.06.